The van der Waals surface area contributed by atoms with Crippen molar-refractivity contribution >= 4 is 17.4 Å². The van der Waals surface area contributed by atoms with Gasteiger partial charge < -0.3 is 9.88 Å². The van der Waals surface area contributed by atoms with Crippen molar-refractivity contribution in [3.05, 3.63) is 96.3 Å². The van der Waals surface area contributed by atoms with E-state index in [1.807, 2.05) is 36.5 Å². The molecule has 7 nitrogen and oxygen atoms in total. The van der Waals surface area contributed by atoms with Crippen LogP contribution in [0, 0.1) is 0 Å². The molecule has 0 atom stereocenters. The minimum atomic E-state index is -0.163. The van der Waals surface area contributed by atoms with E-state index in [4.69, 9.17) is 0 Å². The Morgan fingerprint density at radius 3 is 2.48 bits per heavy atom. The lowest BCUT2D eigenvalue weighted by Gasteiger charge is -2.06. The highest BCUT2D eigenvalue weighted by atomic mass is 16.1. The number of para-hydroxylation sites is 1. The van der Waals surface area contributed by atoms with Crippen LogP contribution in [0.5, 0.6) is 0 Å². The molecule has 0 aliphatic rings. The number of anilines is 1. The fraction of sp³-hybridized carbons (Fsp3) is 0.0909. The molecular formula is C22H19N5O2. The van der Waals surface area contributed by atoms with Crippen LogP contribution in [0.4, 0.5) is 5.69 Å². The fourth-order valence-corrected chi connectivity index (χ4v) is 2.98. The number of carbonyl (C=O) groups is 2. The summed E-state index contributed by atoms with van der Waals surface area (Å²) >= 11 is 0. The molecule has 2 aromatic carbocycles. The molecule has 0 unspecified atom stereocenters. The van der Waals surface area contributed by atoms with E-state index >= 15 is 0 Å². The van der Waals surface area contributed by atoms with Gasteiger partial charge in [0.05, 0.1) is 18.3 Å². The van der Waals surface area contributed by atoms with Crippen LogP contribution < -0.4 is 5.32 Å². The normalized spacial score (nSPS) is 10.7. The van der Waals surface area contributed by atoms with Gasteiger partial charge in [0.1, 0.15) is 0 Å². The summed E-state index contributed by atoms with van der Waals surface area (Å²) in [7, 11) is 1.77. The molecule has 144 valence electrons. The molecule has 0 fully saturated rings. The number of carbonyl (C=O) groups excluding carboxylic acids is 2. The minimum Gasteiger partial charge on any atom is -0.331 e. The van der Waals surface area contributed by atoms with E-state index in [-0.39, 0.29) is 18.1 Å². The fourth-order valence-electron chi connectivity index (χ4n) is 2.98. The minimum absolute atomic E-state index is 0.152. The number of ketones is 1. The van der Waals surface area contributed by atoms with Crippen LogP contribution in [0.1, 0.15) is 21.7 Å². The number of nitrogens with one attached hydrogen (secondary N) is 1. The van der Waals surface area contributed by atoms with Crippen LogP contribution in [-0.2, 0) is 18.3 Å². The molecule has 0 aliphatic carbocycles. The Bertz CT molecular complexity index is 1140. The average Bonchev–Trinajstić information content (AvgIpc) is 3.37. The molecule has 1 N–H and O–H groups in total. The molecule has 0 spiro atoms. The van der Waals surface area contributed by atoms with Crippen molar-refractivity contribution in [2.45, 2.75) is 6.42 Å². The Morgan fingerprint density at radius 2 is 1.79 bits per heavy atom. The van der Waals surface area contributed by atoms with Gasteiger partial charge in [-0.3, -0.25) is 9.59 Å². The molecule has 0 radical (unpaired) electrons. The molecule has 29 heavy (non-hydrogen) atoms. The monoisotopic (exact) mass is 385 g/mol. The summed E-state index contributed by atoms with van der Waals surface area (Å²) in [5.74, 6) is 0.0571. The number of benzene rings is 2. The van der Waals surface area contributed by atoms with Gasteiger partial charge in [0, 0.05) is 36.9 Å². The second-order valence-corrected chi connectivity index (χ2v) is 6.62. The lowest BCUT2D eigenvalue weighted by molar-refractivity contribution is -0.115. The number of nitrogens with zero attached hydrogens (tertiary/aromatic N) is 4. The first kappa shape index (κ1) is 18.4. The van der Waals surface area contributed by atoms with Crippen molar-refractivity contribution in [2.75, 3.05) is 5.32 Å². The molecule has 4 aromatic rings. The highest BCUT2D eigenvalue weighted by Gasteiger charge is 2.14. The predicted molar refractivity (Wildman–Crippen MR) is 109 cm³/mol. The molecule has 0 bridgehead atoms. The molecule has 4 rings (SSSR count). The zero-order valence-electron chi connectivity index (χ0n) is 15.8. The first-order valence-corrected chi connectivity index (χ1v) is 9.11. The van der Waals surface area contributed by atoms with Gasteiger partial charge in [0.2, 0.25) is 11.7 Å². The van der Waals surface area contributed by atoms with Crippen LogP contribution in [0.25, 0.3) is 5.69 Å². The number of amides is 1. The van der Waals surface area contributed by atoms with Gasteiger partial charge in [-0.05, 0) is 42.0 Å². The second kappa shape index (κ2) is 7.93. The Balaban J connectivity index is 1.38. The molecule has 1 amide bonds. The smallest absolute Gasteiger partial charge is 0.228 e. The zero-order chi connectivity index (χ0) is 20.2. The topological polar surface area (TPSA) is 81.8 Å². The quantitative estimate of drug-likeness (QED) is 0.517. The Hall–Kier alpha value is -4.00. The Kier molecular flexibility index (Phi) is 5.03. The van der Waals surface area contributed by atoms with Gasteiger partial charge in [0.15, 0.2) is 5.82 Å². The van der Waals surface area contributed by atoms with Crippen LogP contribution in [0.2, 0.25) is 0 Å². The lowest BCUT2D eigenvalue weighted by atomic mass is 10.1. The zero-order valence-corrected chi connectivity index (χ0v) is 15.8. The Labute approximate surface area is 167 Å². The number of imidazole rings is 1. The van der Waals surface area contributed by atoms with E-state index in [9.17, 15) is 9.59 Å². The van der Waals surface area contributed by atoms with Gasteiger partial charge >= 0.3 is 0 Å². The van der Waals surface area contributed by atoms with Crippen molar-refractivity contribution in [3.63, 3.8) is 0 Å². The number of aromatic nitrogens is 4. The third-order valence-electron chi connectivity index (χ3n) is 4.48. The maximum atomic E-state index is 12.4. The molecule has 0 aliphatic heterocycles. The first-order chi connectivity index (χ1) is 14.1. The summed E-state index contributed by atoms with van der Waals surface area (Å²) < 4.78 is 3.41. The summed E-state index contributed by atoms with van der Waals surface area (Å²) in [5.41, 5.74) is 2.89. The highest BCUT2D eigenvalue weighted by molar-refractivity contribution is 6.07. The van der Waals surface area contributed by atoms with Gasteiger partial charge in [-0.15, -0.1) is 0 Å². The Morgan fingerprint density at radius 1 is 1.03 bits per heavy atom. The van der Waals surface area contributed by atoms with Crippen LogP contribution >= 0.6 is 0 Å². The maximum Gasteiger partial charge on any atom is 0.228 e. The lowest BCUT2D eigenvalue weighted by Crippen LogP contribution is -2.14. The highest BCUT2D eigenvalue weighted by Crippen LogP contribution is 2.14. The third kappa shape index (κ3) is 4.14. The molecule has 0 saturated heterocycles. The van der Waals surface area contributed by atoms with E-state index in [0.29, 0.717) is 17.1 Å². The van der Waals surface area contributed by atoms with Crippen LogP contribution in [0.3, 0.4) is 0 Å². The first-order valence-electron chi connectivity index (χ1n) is 9.11. The van der Waals surface area contributed by atoms with Gasteiger partial charge in [-0.2, -0.15) is 5.10 Å². The van der Waals surface area contributed by atoms with E-state index in [2.05, 4.69) is 15.4 Å². The SMILES string of the molecule is Cn1ccnc1C(=O)c1ccc(NC(=O)Cc2cnn(-c3ccccc3)c2)cc1. The van der Waals surface area contributed by atoms with Gasteiger partial charge in [0.25, 0.3) is 0 Å². The summed E-state index contributed by atoms with van der Waals surface area (Å²) in [4.78, 5) is 28.9. The standard InChI is InChI=1S/C22H19N5O2/c1-26-12-11-23-22(26)21(29)17-7-9-18(10-8-17)25-20(28)13-16-14-24-27(15-16)19-5-3-2-4-6-19/h2-12,14-15H,13H2,1H3,(H,25,28). The third-order valence-corrected chi connectivity index (χ3v) is 4.48. The molecular weight excluding hydrogens is 366 g/mol. The predicted octanol–water partition coefficient (Wildman–Crippen LogP) is 3.02. The molecule has 0 saturated carbocycles. The van der Waals surface area contributed by atoms with Crippen molar-refractivity contribution in [3.8, 4) is 5.69 Å². The molecule has 2 aromatic heterocycles. The van der Waals surface area contributed by atoms with Crippen LogP contribution in [-0.4, -0.2) is 31.0 Å². The van der Waals surface area contributed by atoms with Gasteiger partial charge in [-0.1, -0.05) is 18.2 Å². The van der Waals surface area contributed by atoms with Crippen molar-refractivity contribution in [2.24, 2.45) is 7.05 Å². The largest absolute Gasteiger partial charge is 0.331 e. The summed E-state index contributed by atoms with van der Waals surface area (Å²) in [6.07, 6.45) is 7.04. The van der Waals surface area contributed by atoms with Crippen molar-refractivity contribution < 1.29 is 9.59 Å². The number of hydrogen-bond donors (Lipinski definition) is 1. The van der Waals surface area contributed by atoms with Crippen molar-refractivity contribution in [1.82, 2.24) is 19.3 Å². The van der Waals surface area contributed by atoms with Crippen LogP contribution in [0.15, 0.2) is 79.4 Å². The summed E-state index contributed by atoms with van der Waals surface area (Å²) in [6.45, 7) is 0. The van der Waals surface area contributed by atoms with Gasteiger partial charge in [-0.25, -0.2) is 9.67 Å². The number of aryl methyl sites for hydroxylation is 1. The number of hydrogen-bond acceptors (Lipinski definition) is 4. The molecule has 7 heteroatoms. The summed E-state index contributed by atoms with van der Waals surface area (Å²) in [6, 6.07) is 16.5. The molecule has 2 heterocycles. The van der Waals surface area contributed by atoms with Crippen molar-refractivity contribution in [1.29, 1.82) is 0 Å². The maximum absolute atomic E-state index is 12.4. The van der Waals surface area contributed by atoms with E-state index in [1.165, 1.54) is 0 Å². The van der Waals surface area contributed by atoms with E-state index in [0.717, 1.165) is 11.3 Å². The summed E-state index contributed by atoms with van der Waals surface area (Å²) in [5, 5.41) is 7.14. The van der Waals surface area contributed by atoms with E-state index < -0.39 is 0 Å². The number of rotatable bonds is 6. The average molecular weight is 385 g/mol. The van der Waals surface area contributed by atoms with E-state index in [1.54, 1.807) is 59.2 Å². The second-order valence-electron chi connectivity index (χ2n) is 6.62.